The van der Waals surface area contributed by atoms with Crippen molar-refractivity contribution in [2.45, 2.75) is 13.8 Å². The monoisotopic (exact) mass is 560 g/mol. The highest BCUT2D eigenvalue weighted by atomic mass is 31.1. The molecular weight excluding hydrogens is 522 g/mol. The molecule has 0 unspecified atom stereocenters. The Hall–Kier alpha value is -3.06. The molecule has 0 fully saturated rings. The van der Waals surface area contributed by atoms with E-state index in [9.17, 15) is 0 Å². The Kier molecular flexibility index (Phi) is 9.89. The van der Waals surface area contributed by atoms with Gasteiger partial charge in [-0.2, -0.15) is 0 Å². The van der Waals surface area contributed by atoms with Gasteiger partial charge in [-0.1, -0.05) is 62.4 Å². The van der Waals surface area contributed by atoms with E-state index >= 15 is 0 Å². The molecule has 0 atom stereocenters. The number of methoxy groups -OCH3 is 4. The second-order valence-electron chi connectivity index (χ2n) is 10.1. The van der Waals surface area contributed by atoms with Crippen LogP contribution in [0.1, 0.15) is 13.8 Å². The maximum atomic E-state index is 5.44. The molecule has 6 heteroatoms. The average molecular weight is 561 g/mol. The van der Waals surface area contributed by atoms with Gasteiger partial charge in [-0.05, 0) is 103 Å². The quantitative estimate of drug-likeness (QED) is 0.190. The standard InChI is InChI=1S/C33H38O4P2/c1-33(2,23-38(29-15-7-25(34-3)8-16-29)30-17-9-26(35-4)10-18-30)24-39(31-19-11-27(36-5)12-20-31)32-21-13-28(37-6)14-22-32/h7-22H,23-24H2,1-6H3. The molecule has 39 heavy (non-hydrogen) atoms. The Balaban J connectivity index is 1.68. The molecule has 0 aliphatic heterocycles. The third kappa shape index (κ3) is 7.53. The van der Waals surface area contributed by atoms with E-state index in [0.29, 0.717) is 0 Å². The average Bonchev–Trinajstić information content (AvgIpc) is 2.99. The second-order valence-corrected chi connectivity index (χ2v) is 14.5. The minimum atomic E-state index is -0.598. The van der Waals surface area contributed by atoms with Crippen LogP contribution in [-0.2, 0) is 0 Å². The minimum Gasteiger partial charge on any atom is -0.497 e. The molecule has 0 amide bonds. The van der Waals surface area contributed by atoms with Crippen LogP contribution in [0.15, 0.2) is 97.1 Å². The van der Waals surface area contributed by atoms with Crippen LogP contribution in [0.4, 0.5) is 0 Å². The van der Waals surface area contributed by atoms with E-state index in [1.807, 2.05) is 0 Å². The summed E-state index contributed by atoms with van der Waals surface area (Å²) in [7, 11) is 5.66. The molecule has 204 valence electrons. The lowest BCUT2D eigenvalue weighted by Crippen LogP contribution is -2.29. The predicted molar refractivity (Wildman–Crippen MR) is 168 cm³/mol. The Morgan fingerprint density at radius 3 is 0.795 bits per heavy atom. The zero-order valence-corrected chi connectivity index (χ0v) is 25.5. The van der Waals surface area contributed by atoms with Gasteiger partial charge in [0.1, 0.15) is 23.0 Å². The number of rotatable bonds is 12. The lowest BCUT2D eigenvalue weighted by molar-refractivity contribution is 0.415. The summed E-state index contributed by atoms with van der Waals surface area (Å²) in [5.74, 6) is 3.52. The molecule has 0 N–H and O–H groups in total. The van der Waals surface area contributed by atoms with Crippen LogP contribution in [0, 0.1) is 5.41 Å². The van der Waals surface area contributed by atoms with Crippen LogP contribution >= 0.6 is 15.8 Å². The van der Waals surface area contributed by atoms with Gasteiger partial charge in [0.25, 0.3) is 0 Å². The topological polar surface area (TPSA) is 36.9 Å². The van der Waals surface area contributed by atoms with Crippen LogP contribution < -0.4 is 40.2 Å². The number of benzene rings is 4. The summed E-state index contributed by atoms with van der Waals surface area (Å²) in [5, 5.41) is 5.40. The highest BCUT2D eigenvalue weighted by Crippen LogP contribution is 2.47. The zero-order chi connectivity index (χ0) is 27.8. The summed E-state index contributed by atoms with van der Waals surface area (Å²) in [6.45, 7) is 4.83. The first-order valence-electron chi connectivity index (χ1n) is 13.0. The van der Waals surface area contributed by atoms with Gasteiger partial charge in [-0.3, -0.25) is 0 Å². The first-order valence-corrected chi connectivity index (χ1v) is 16.0. The van der Waals surface area contributed by atoms with Crippen LogP contribution in [-0.4, -0.2) is 40.8 Å². The zero-order valence-electron chi connectivity index (χ0n) is 23.7. The number of hydrogen-bond acceptors (Lipinski definition) is 4. The Bertz CT molecular complexity index is 1100. The fourth-order valence-electron chi connectivity index (χ4n) is 4.62. The second kappa shape index (κ2) is 13.3. The maximum Gasteiger partial charge on any atom is 0.118 e. The summed E-state index contributed by atoms with van der Waals surface area (Å²) in [6, 6.07) is 34.4. The van der Waals surface area contributed by atoms with Gasteiger partial charge in [0, 0.05) is 0 Å². The summed E-state index contributed by atoms with van der Waals surface area (Å²) in [6.07, 6.45) is 2.12. The first kappa shape index (κ1) is 28.9. The van der Waals surface area contributed by atoms with Gasteiger partial charge in [0.15, 0.2) is 0 Å². The molecule has 4 aromatic carbocycles. The van der Waals surface area contributed by atoms with Crippen molar-refractivity contribution in [1.29, 1.82) is 0 Å². The van der Waals surface area contributed by atoms with E-state index in [2.05, 4.69) is 111 Å². The normalized spacial score (nSPS) is 11.5. The van der Waals surface area contributed by atoms with Gasteiger partial charge >= 0.3 is 0 Å². The van der Waals surface area contributed by atoms with E-state index in [4.69, 9.17) is 18.9 Å². The highest BCUT2D eigenvalue weighted by Gasteiger charge is 2.30. The molecule has 0 aromatic heterocycles. The minimum absolute atomic E-state index is 0.0666. The predicted octanol–water partition coefficient (Wildman–Crippen LogP) is 6.31. The van der Waals surface area contributed by atoms with Gasteiger partial charge in [0.2, 0.25) is 0 Å². The van der Waals surface area contributed by atoms with Crippen molar-refractivity contribution >= 4 is 37.1 Å². The summed E-state index contributed by atoms with van der Waals surface area (Å²) >= 11 is 0. The van der Waals surface area contributed by atoms with Crippen molar-refractivity contribution in [2.24, 2.45) is 5.41 Å². The summed E-state index contributed by atoms with van der Waals surface area (Å²) in [5.41, 5.74) is 0.0666. The molecule has 0 heterocycles. The lowest BCUT2D eigenvalue weighted by atomic mass is 10.00. The molecular formula is C33H38O4P2. The molecule has 0 saturated carbocycles. The third-order valence-corrected chi connectivity index (χ3v) is 12.7. The van der Waals surface area contributed by atoms with Crippen LogP contribution in [0.2, 0.25) is 0 Å². The van der Waals surface area contributed by atoms with Gasteiger partial charge in [-0.15, -0.1) is 0 Å². The van der Waals surface area contributed by atoms with Crippen molar-refractivity contribution in [3.8, 4) is 23.0 Å². The van der Waals surface area contributed by atoms with Gasteiger partial charge in [-0.25, -0.2) is 0 Å². The lowest BCUT2D eigenvalue weighted by Gasteiger charge is -2.34. The van der Waals surface area contributed by atoms with Crippen molar-refractivity contribution in [2.75, 3.05) is 40.8 Å². The number of hydrogen-bond donors (Lipinski definition) is 0. The third-order valence-electron chi connectivity index (χ3n) is 6.71. The van der Waals surface area contributed by atoms with Crippen LogP contribution in [0.3, 0.4) is 0 Å². The summed E-state index contributed by atoms with van der Waals surface area (Å²) < 4.78 is 21.8. The van der Waals surface area contributed by atoms with E-state index in [0.717, 1.165) is 35.3 Å². The molecule has 4 nitrogen and oxygen atoms in total. The van der Waals surface area contributed by atoms with Crippen molar-refractivity contribution < 1.29 is 18.9 Å². The van der Waals surface area contributed by atoms with E-state index in [-0.39, 0.29) is 5.41 Å². The Labute approximate surface area is 235 Å². The SMILES string of the molecule is COc1ccc(P(CC(C)(C)CP(c2ccc(OC)cc2)c2ccc(OC)cc2)c2ccc(OC)cc2)cc1. The molecule has 0 bridgehead atoms. The molecule has 0 spiro atoms. The van der Waals surface area contributed by atoms with E-state index < -0.39 is 15.8 Å². The van der Waals surface area contributed by atoms with Crippen LogP contribution in [0.25, 0.3) is 0 Å². The highest BCUT2D eigenvalue weighted by molar-refractivity contribution is 7.74. The smallest absolute Gasteiger partial charge is 0.118 e. The van der Waals surface area contributed by atoms with Crippen LogP contribution in [0.5, 0.6) is 23.0 Å². The van der Waals surface area contributed by atoms with Crippen molar-refractivity contribution in [3.63, 3.8) is 0 Å². The fourth-order valence-corrected chi connectivity index (χ4v) is 10.1. The molecule has 0 aliphatic carbocycles. The fraction of sp³-hybridized carbons (Fsp3) is 0.273. The molecule has 0 saturated heterocycles. The Morgan fingerprint density at radius 2 is 0.615 bits per heavy atom. The first-order chi connectivity index (χ1) is 18.9. The van der Waals surface area contributed by atoms with Crippen molar-refractivity contribution in [1.82, 2.24) is 0 Å². The van der Waals surface area contributed by atoms with Gasteiger partial charge in [0.05, 0.1) is 28.4 Å². The van der Waals surface area contributed by atoms with E-state index in [1.165, 1.54) is 21.2 Å². The largest absolute Gasteiger partial charge is 0.497 e. The molecule has 4 aromatic rings. The molecule has 4 rings (SSSR count). The maximum absolute atomic E-state index is 5.44. The molecule has 0 aliphatic rings. The molecule has 0 radical (unpaired) electrons. The summed E-state index contributed by atoms with van der Waals surface area (Å²) in [4.78, 5) is 0. The van der Waals surface area contributed by atoms with E-state index in [1.54, 1.807) is 28.4 Å². The Morgan fingerprint density at radius 1 is 0.410 bits per heavy atom. The van der Waals surface area contributed by atoms with Gasteiger partial charge < -0.3 is 18.9 Å². The number of ether oxygens (including phenoxy) is 4. The van der Waals surface area contributed by atoms with Crippen molar-refractivity contribution in [3.05, 3.63) is 97.1 Å².